The van der Waals surface area contributed by atoms with Gasteiger partial charge >= 0.3 is 0 Å². The van der Waals surface area contributed by atoms with Gasteiger partial charge in [0.15, 0.2) is 0 Å². The lowest BCUT2D eigenvalue weighted by molar-refractivity contribution is -0.117. The quantitative estimate of drug-likeness (QED) is 0.896. The number of nitrogens with one attached hydrogen (secondary N) is 1. The molecule has 2 fully saturated rings. The molecule has 2 N–H and O–H groups in total. The Kier molecular flexibility index (Phi) is 4.82. The van der Waals surface area contributed by atoms with Crippen LogP contribution in [0.1, 0.15) is 44.1 Å². The summed E-state index contributed by atoms with van der Waals surface area (Å²) in [5.74, 6) is 0.567. The van der Waals surface area contributed by atoms with Crippen LogP contribution in [0.3, 0.4) is 0 Å². The van der Waals surface area contributed by atoms with Crippen molar-refractivity contribution in [1.29, 1.82) is 5.26 Å². The second kappa shape index (κ2) is 7.01. The van der Waals surface area contributed by atoms with E-state index in [9.17, 15) is 15.2 Å². The van der Waals surface area contributed by atoms with Gasteiger partial charge in [0, 0.05) is 25.2 Å². The van der Waals surface area contributed by atoms with Gasteiger partial charge in [-0.3, -0.25) is 4.79 Å². The van der Waals surface area contributed by atoms with Gasteiger partial charge in [0.1, 0.15) is 6.07 Å². The third kappa shape index (κ3) is 3.83. The minimum absolute atomic E-state index is 0.0347. The van der Waals surface area contributed by atoms with Crippen molar-refractivity contribution in [1.82, 2.24) is 0 Å². The van der Waals surface area contributed by atoms with Crippen LogP contribution in [-0.2, 0) is 4.79 Å². The number of aliphatic hydroxyl groups excluding tert-OH is 1. The molecule has 2 aliphatic rings. The maximum Gasteiger partial charge on any atom is 0.224 e. The van der Waals surface area contributed by atoms with Crippen molar-refractivity contribution in [3.63, 3.8) is 0 Å². The molecule has 1 aromatic carbocycles. The smallest absolute Gasteiger partial charge is 0.224 e. The molecule has 5 nitrogen and oxygen atoms in total. The largest absolute Gasteiger partial charge is 0.393 e. The van der Waals surface area contributed by atoms with Crippen molar-refractivity contribution >= 4 is 17.3 Å². The van der Waals surface area contributed by atoms with E-state index in [0.29, 0.717) is 23.6 Å². The minimum Gasteiger partial charge on any atom is -0.393 e. The number of hydrogen-bond donors (Lipinski definition) is 2. The lowest BCUT2D eigenvalue weighted by atomic mass is 9.83. The number of hydrogen-bond acceptors (Lipinski definition) is 4. The van der Waals surface area contributed by atoms with Crippen LogP contribution in [0.15, 0.2) is 18.2 Å². The van der Waals surface area contributed by atoms with Gasteiger partial charge in [0.05, 0.1) is 17.4 Å². The van der Waals surface area contributed by atoms with Crippen molar-refractivity contribution in [2.75, 3.05) is 23.3 Å². The third-order valence-corrected chi connectivity index (χ3v) is 4.90. The predicted molar refractivity (Wildman–Crippen MR) is 89.2 cm³/mol. The summed E-state index contributed by atoms with van der Waals surface area (Å²) in [5, 5.41) is 21.9. The first kappa shape index (κ1) is 15.8. The number of nitriles is 1. The van der Waals surface area contributed by atoms with Crippen LogP contribution in [0.5, 0.6) is 0 Å². The summed E-state index contributed by atoms with van der Waals surface area (Å²) in [7, 11) is 0. The Morgan fingerprint density at radius 2 is 2.04 bits per heavy atom. The van der Waals surface area contributed by atoms with Crippen LogP contribution >= 0.6 is 0 Å². The molecule has 1 aliphatic heterocycles. The molecule has 0 spiro atoms. The van der Waals surface area contributed by atoms with Crippen LogP contribution in [0, 0.1) is 17.2 Å². The van der Waals surface area contributed by atoms with E-state index in [1.807, 2.05) is 12.1 Å². The number of carbonyl (C=O) groups is 1. The Morgan fingerprint density at radius 3 is 2.65 bits per heavy atom. The molecule has 1 heterocycles. The van der Waals surface area contributed by atoms with Gasteiger partial charge in [-0.05, 0) is 49.8 Å². The Balaban J connectivity index is 1.66. The van der Waals surface area contributed by atoms with Crippen molar-refractivity contribution < 1.29 is 9.90 Å². The molecule has 122 valence electrons. The van der Waals surface area contributed by atoms with Crippen LogP contribution in [0.25, 0.3) is 0 Å². The van der Waals surface area contributed by atoms with Crippen LogP contribution in [0.2, 0.25) is 0 Å². The summed E-state index contributed by atoms with van der Waals surface area (Å²) >= 11 is 0. The molecular formula is C18H23N3O2. The van der Waals surface area contributed by atoms with Crippen LogP contribution in [-0.4, -0.2) is 30.2 Å². The molecule has 0 bridgehead atoms. The average Bonchev–Trinajstić information content (AvgIpc) is 2.52. The van der Waals surface area contributed by atoms with Gasteiger partial charge in [-0.25, -0.2) is 0 Å². The summed E-state index contributed by atoms with van der Waals surface area (Å²) in [6.45, 7) is 1.51. The SMILES string of the molecule is N#Cc1cc(NC(=O)CC2CCC2)ccc1N1CCC(O)CC1. The summed E-state index contributed by atoms with van der Waals surface area (Å²) < 4.78 is 0. The average molecular weight is 313 g/mol. The fourth-order valence-electron chi connectivity index (χ4n) is 3.26. The summed E-state index contributed by atoms with van der Waals surface area (Å²) in [4.78, 5) is 14.1. The first-order valence-corrected chi connectivity index (χ1v) is 8.42. The highest BCUT2D eigenvalue weighted by Gasteiger charge is 2.22. The van der Waals surface area contributed by atoms with E-state index in [0.717, 1.165) is 44.5 Å². The molecule has 1 aromatic rings. The van der Waals surface area contributed by atoms with Crippen molar-refractivity contribution in [2.24, 2.45) is 5.92 Å². The maximum atomic E-state index is 12.0. The zero-order chi connectivity index (χ0) is 16.2. The zero-order valence-corrected chi connectivity index (χ0v) is 13.3. The highest BCUT2D eigenvalue weighted by molar-refractivity contribution is 5.91. The fraction of sp³-hybridized carbons (Fsp3) is 0.556. The number of amides is 1. The highest BCUT2D eigenvalue weighted by atomic mass is 16.3. The maximum absolute atomic E-state index is 12.0. The van der Waals surface area contributed by atoms with E-state index in [1.165, 1.54) is 6.42 Å². The standard InChI is InChI=1S/C18H23N3O2/c19-12-14-11-15(20-18(23)10-13-2-1-3-13)4-5-17(14)21-8-6-16(22)7-9-21/h4-5,11,13,16,22H,1-3,6-10H2,(H,20,23). The lowest BCUT2D eigenvalue weighted by Gasteiger charge is -2.32. The third-order valence-electron chi connectivity index (χ3n) is 4.90. The molecule has 23 heavy (non-hydrogen) atoms. The van der Waals surface area contributed by atoms with E-state index in [-0.39, 0.29) is 12.0 Å². The normalized spacial score (nSPS) is 19.0. The van der Waals surface area contributed by atoms with Crippen molar-refractivity contribution in [2.45, 2.75) is 44.6 Å². The first-order chi connectivity index (χ1) is 11.2. The molecular weight excluding hydrogens is 290 g/mol. The number of benzene rings is 1. The van der Waals surface area contributed by atoms with Gasteiger partial charge in [-0.15, -0.1) is 0 Å². The van der Waals surface area contributed by atoms with E-state index in [4.69, 9.17) is 0 Å². The molecule has 1 saturated carbocycles. The predicted octanol–water partition coefficient (Wildman–Crippen LogP) is 2.65. The van der Waals surface area contributed by atoms with Crippen molar-refractivity contribution in [3.05, 3.63) is 23.8 Å². The summed E-state index contributed by atoms with van der Waals surface area (Å²) in [6.07, 6.45) is 5.33. The van der Waals surface area contributed by atoms with Crippen LogP contribution in [0.4, 0.5) is 11.4 Å². The number of rotatable bonds is 4. The first-order valence-electron chi connectivity index (χ1n) is 8.42. The highest BCUT2D eigenvalue weighted by Crippen LogP contribution is 2.30. The molecule has 0 radical (unpaired) electrons. The molecule has 0 atom stereocenters. The molecule has 0 aromatic heterocycles. The fourth-order valence-corrected chi connectivity index (χ4v) is 3.26. The van der Waals surface area contributed by atoms with Gasteiger partial charge in [0.2, 0.25) is 5.91 Å². The van der Waals surface area contributed by atoms with E-state index < -0.39 is 0 Å². The molecule has 5 heteroatoms. The van der Waals surface area contributed by atoms with E-state index in [2.05, 4.69) is 16.3 Å². The Morgan fingerprint density at radius 1 is 1.30 bits per heavy atom. The van der Waals surface area contributed by atoms with E-state index in [1.54, 1.807) is 6.07 Å². The van der Waals surface area contributed by atoms with Gasteiger partial charge in [-0.1, -0.05) is 6.42 Å². The second-order valence-corrected chi connectivity index (χ2v) is 6.61. The Bertz CT molecular complexity index is 611. The van der Waals surface area contributed by atoms with Crippen molar-refractivity contribution in [3.8, 4) is 6.07 Å². The molecule has 1 saturated heterocycles. The number of anilines is 2. The Labute approximate surface area is 136 Å². The summed E-state index contributed by atoms with van der Waals surface area (Å²) in [5.41, 5.74) is 2.14. The molecule has 0 unspecified atom stereocenters. The number of carbonyl (C=O) groups excluding carboxylic acids is 1. The van der Waals surface area contributed by atoms with Gasteiger partial charge < -0.3 is 15.3 Å². The monoisotopic (exact) mass is 313 g/mol. The molecule has 1 aliphatic carbocycles. The van der Waals surface area contributed by atoms with E-state index >= 15 is 0 Å². The number of nitrogens with zero attached hydrogens (tertiary/aromatic N) is 2. The Hall–Kier alpha value is -2.06. The molecule has 1 amide bonds. The second-order valence-electron chi connectivity index (χ2n) is 6.61. The molecule has 3 rings (SSSR count). The van der Waals surface area contributed by atoms with Crippen LogP contribution < -0.4 is 10.2 Å². The minimum atomic E-state index is -0.234. The number of aliphatic hydroxyl groups is 1. The lowest BCUT2D eigenvalue weighted by Crippen LogP contribution is -2.36. The summed E-state index contributed by atoms with van der Waals surface area (Å²) in [6, 6.07) is 7.73. The number of piperidine rings is 1. The van der Waals surface area contributed by atoms with Gasteiger partial charge in [-0.2, -0.15) is 5.26 Å². The van der Waals surface area contributed by atoms with Gasteiger partial charge in [0.25, 0.3) is 0 Å². The zero-order valence-electron chi connectivity index (χ0n) is 13.3. The topological polar surface area (TPSA) is 76.4 Å².